The van der Waals surface area contributed by atoms with Gasteiger partial charge in [-0.2, -0.15) is 0 Å². The Hall–Kier alpha value is -4.08. The van der Waals surface area contributed by atoms with Gasteiger partial charge in [0.1, 0.15) is 17.3 Å². The maximum absolute atomic E-state index is 13.8. The maximum atomic E-state index is 13.8. The minimum Gasteiger partial charge on any atom is -0.491 e. The van der Waals surface area contributed by atoms with Gasteiger partial charge in [0.05, 0.1) is 12.1 Å². The van der Waals surface area contributed by atoms with Gasteiger partial charge in [0.15, 0.2) is 0 Å². The van der Waals surface area contributed by atoms with Gasteiger partial charge >= 0.3 is 6.03 Å². The third-order valence-electron chi connectivity index (χ3n) is 9.50. The molecule has 2 aliphatic carbocycles. The summed E-state index contributed by atoms with van der Waals surface area (Å²) in [5.41, 5.74) is 1.88. The monoisotopic (exact) mass is 617 g/mol. The molecule has 3 aliphatic rings. The van der Waals surface area contributed by atoms with E-state index in [9.17, 15) is 19.2 Å². The van der Waals surface area contributed by atoms with E-state index in [1.807, 2.05) is 38.1 Å². The van der Waals surface area contributed by atoms with Gasteiger partial charge in [0.2, 0.25) is 11.8 Å². The van der Waals surface area contributed by atoms with E-state index < -0.39 is 11.6 Å². The summed E-state index contributed by atoms with van der Waals surface area (Å²) < 4.78 is 5.77. The van der Waals surface area contributed by atoms with Crippen molar-refractivity contribution in [3.05, 3.63) is 59.2 Å². The molecule has 0 aromatic heterocycles. The number of nitrogens with zero attached hydrogens (tertiary/aromatic N) is 1. The van der Waals surface area contributed by atoms with Crippen LogP contribution < -0.4 is 26.0 Å². The number of ether oxygens (including phenoxy) is 1. The smallest absolute Gasteiger partial charge is 0.318 e. The predicted molar refractivity (Wildman–Crippen MR) is 173 cm³/mol. The zero-order chi connectivity index (χ0) is 32.3. The lowest BCUT2D eigenvalue weighted by Crippen LogP contribution is -2.60. The van der Waals surface area contributed by atoms with Crippen LogP contribution in [0, 0.1) is 11.8 Å². The van der Waals surface area contributed by atoms with Gasteiger partial charge in [-0.05, 0) is 80.0 Å². The first kappa shape index (κ1) is 32.3. The van der Waals surface area contributed by atoms with E-state index in [-0.39, 0.29) is 47.7 Å². The molecule has 10 nitrogen and oxygen atoms in total. The third-order valence-corrected chi connectivity index (χ3v) is 9.50. The van der Waals surface area contributed by atoms with Crippen LogP contribution in [0.5, 0.6) is 5.75 Å². The summed E-state index contributed by atoms with van der Waals surface area (Å²) >= 11 is 0. The zero-order valence-electron chi connectivity index (χ0n) is 27.1. The highest BCUT2D eigenvalue weighted by atomic mass is 16.5. The van der Waals surface area contributed by atoms with Gasteiger partial charge in [-0.1, -0.05) is 45.2 Å². The van der Waals surface area contributed by atoms with Crippen molar-refractivity contribution >= 4 is 29.4 Å². The number of carbonyl (C=O) groups is 4. The Kier molecular flexibility index (Phi) is 9.70. The van der Waals surface area contributed by atoms with Gasteiger partial charge in [-0.15, -0.1) is 0 Å². The van der Waals surface area contributed by atoms with E-state index in [2.05, 4.69) is 35.1 Å². The summed E-state index contributed by atoms with van der Waals surface area (Å²) in [6.45, 7) is 8.43. The summed E-state index contributed by atoms with van der Waals surface area (Å²) in [6, 6.07) is 11.7. The summed E-state index contributed by atoms with van der Waals surface area (Å²) in [4.78, 5) is 55.4. The van der Waals surface area contributed by atoms with E-state index in [0.717, 1.165) is 43.2 Å². The number of hydrogen-bond donors (Lipinski definition) is 4. The molecule has 0 radical (unpaired) electrons. The fourth-order valence-corrected chi connectivity index (χ4v) is 7.04. The van der Waals surface area contributed by atoms with E-state index in [1.54, 1.807) is 30.1 Å². The number of urea groups is 1. The molecule has 3 atom stereocenters. The first-order valence-electron chi connectivity index (χ1n) is 16.3. The second-order valence-electron chi connectivity index (χ2n) is 13.4. The van der Waals surface area contributed by atoms with Crippen LogP contribution in [0.2, 0.25) is 0 Å². The number of carbonyl (C=O) groups excluding carboxylic acids is 4. The van der Waals surface area contributed by atoms with Crippen LogP contribution in [0.1, 0.15) is 81.3 Å². The summed E-state index contributed by atoms with van der Waals surface area (Å²) in [5, 5.41) is 11.9. The number of hydrogen-bond acceptors (Lipinski definition) is 5. The van der Waals surface area contributed by atoms with Gasteiger partial charge in [0.25, 0.3) is 5.91 Å². The molecule has 242 valence electrons. The van der Waals surface area contributed by atoms with Crippen molar-refractivity contribution in [3.63, 3.8) is 0 Å². The topological polar surface area (TPSA) is 129 Å². The normalized spacial score (nSPS) is 22.2. The Bertz CT molecular complexity index is 1440. The number of anilines is 1. The molecule has 1 heterocycles. The van der Waals surface area contributed by atoms with Crippen LogP contribution >= 0.6 is 0 Å². The average molecular weight is 618 g/mol. The molecule has 2 fully saturated rings. The van der Waals surface area contributed by atoms with E-state index >= 15 is 0 Å². The second-order valence-corrected chi connectivity index (χ2v) is 13.4. The second kappa shape index (κ2) is 13.5. The highest BCUT2D eigenvalue weighted by Gasteiger charge is 2.53. The summed E-state index contributed by atoms with van der Waals surface area (Å²) in [6.07, 6.45) is 5.61. The van der Waals surface area contributed by atoms with Crippen molar-refractivity contribution < 1.29 is 23.9 Å². The number of benzene rings is 2. The minimum absolute atomic E-state index is 0.0238. The fourth-order valence-electron chi connectivity index (χ4n) is 7.04. The van der Waals surface area contributed by atoms with E-state index in [4.69, 9.17) is 4.74 Å². The highest BCUT2D eigenvalue weighted by molar-refractivity contribution is 6.01. The number of fused-ring (bicyclic) bond motifs is 1. The van der Waals surface area contributed by atoms with E-state index in [0.29, 0.717) is 36.4 Å². The SMILES string of the molecule is CNC(=O)C1(N2C[C@@H](C(C)C)NC2=O)Cc2ccc(NC(=O)[C@@H](NC(=O)c3cccc(OC(C)C)c3)C3CCCCC3)cc2C1. The molecule has 10 heteroatoms. The number of likely N-dealkylation sites (N-methyl/N-ethyl adjacent to an activating group) is 1. The molecule has 1 saturated carbocycles. The van der Waals surface area contributed by atoms with Crippen LogP contribution in [0.25, 0.3) is 0 Å². The molecule has 5 rings (SSSR count). The maximum Gasteiger partial charge on any atom is 0.318 e. The Morgan fingerprint density at radius 2 is 1.71 bits per heavy atom. The molecule has 1 aliphatic heterocycles. The molecule has 2 aromatic rings. The highest BCUT2D eigenvalue weighted by Crippen LogP contribution is 2.38. The summed E-state index contributed by atoms with van der Waals surface area (Å²) in [7, 11) is 1.60. The molecule has 1 unspecified atom stereocenters. The molecular weight excluding hydrogens is 570 g/mol. The van der Waals surface area contributed by atoms with Crippen molar-refractivity contribution in [1.82, 2.24) is 20.9 Å². The van der Waals surface area contributed by atoms with Crippen LogP contribution in [0.4, 0.5) is 10.5 Å². The van der Waals surface area contributed by atoms with Crippen LogP contribution in [-0.4, -0.2) is 66.0 Å². The first-order valence-corrected chi connectivity index (χ1v) is 16.3. The standard InChI is InChI=1S/C35H47N5O5/c1-21(2)29-20-40(34(44)38-29)35(33(43)36-5)18-25-14-15-27(16-26(25)19-35)37-32(42)30(23-10-7-6-8-11-23)39-31(41)24-12-9-13-28(17-24)45-22(3)4/h9,12-17,21-23,29-30H,6-8,10-11,18-20H2,1-5H3,(H,36,43)(H,37,42)(H,38,44)(H,39,41)/t29-,30-,35?/m0/s1. The molecular formula is C35H47N5O5. The van der Waals surface area contributed by atoms with Crippen LogP contribution in [0.3, 0.4) is 0 Å². The van der Waals surface area contributed by atoms with Crippen molar-refractivity contribution in [1.29, 1.82) is 0 Å². The Morgan fingerprint density at radius 1 is 0.978 bits per heavy atom. The first-order chi connectivity index (χ1) is 21.5. The molecule has 4 N–H and O–H groups in total. The molecule has 5 amide bonds. The lowest BCUT2D eigenvalue weighted by Gasteiger charge is -2.36. The predicted octanol–water partition coefficient (Wildman–Crippen LogP) is 4.42. The fraction of sp³-hybridized carbons (Fsp3) is 0.543. The van der Waals surface area contributed by atoms with Crippen molar-refractivity contribution in [2.45, 2.75) is 96.4 Å². The number of rotatable bonds is 10. The lowest BCUT2D eigenvalue weighted by atomic mass is 9.83. The third kappa shape index (κ3) is 6.94. The minimum atomic E-state index is -1.04. The Labute approximate surface area is 266 Å². The van der Waals surface area contributed by atoms with Gasteiger partial charge in [0, 0.05) is 37.7 Å². The average Bonchev–Trinajstić information content (AvgIpc) is 3.61. The molecule has 0 spiro atoms. The van der Waals surface area contributed by atoms with E-state index in [1.165, 1.54) is 0 Å². The molecule has 0 bridgehead atoms. The molecule has 1 saturated heterocycles. The molecule has 45 heavy (non-hydrogen) atoms. The summed E-state index contributed by atoms with van der Waals surface area (Å²) in [5.74, 6) is 0.0824. The number of nitrogens with one attached hydrogen (secondary N) is 4. The van der Waals surface area contributed by atoms with Gasteiger partial charge in [-0.25, -0.2) is 4.79 Å². The zero-order valence-corrected chi connectivity index (χ0v) is 27.1. The van der Waals surface area contributed by atoms with Crippen LogP contribution in [-0.2, 0) is 22.4 Å². The quantitative estimate of drug-likeness (QED) is 0.314. The Balaban J connectivity index is 1.34. The van der Waals surface area contributed by atoms with Crippen molar-refractivity contribution in [2.75, 3.05) is 18.9 Å². The lowest BCUT2D eigenvalue weighted by molar-refractivity contribution is -0.130. The van der Waals surface area contributed by atoms with Crippen molar-refractivity contribution in [3.8, 4) is 5.75 Å². The van der Waals surface area contributed by atoms with Crippen molar-refractivity contribution in [2.24, 2.45) is 11.8 Å². The molecule has 2 aromatic carbocycles. The van der Waals surface area contributed by atoms with Gasteiger partial charge in [-0.3, -0.25) is 14.4 Å². The van der Waals surface area contributed by atoms with Crippen LogP contribution in [0.15, 0.2) is 42.5 Å². The Morgan fingerprint density at radius 3 is 2.38 bits per heavy atom. The number of amides is 5. The van der Waals surface area contributed by atoms with Gasteiger partial charge < -0.3 is 30.9 Å². The largest absolute Gasteiger partial charge is 0.491 e.